The molecule has 0 radical (unpaired) electrons. The first kappa shape index (κ1) is 23.9. The summed E-state index contributed by atoms with van der Waals surface area (Å²) in [6.45, 7) is 1.92. The number of nitrogens with zero attached hydrogens (tertiary/aromatic N) is 6. The van der Waals surface area contributed by atoms with Crippen molar-refractivity contribution in [3.8, 4) is 23.1 Å². The van der Waals surface area contributed by atoms with Crippen molar-refractivity contribution in [2.45, 2.75) is 50.5 Å². The van der Waals surface area contributed by atoms with Crippen LogP contribution in [0.4, 0.5) is 8.78 Å². The molecule has 5 heterocycles. The fraction of sp³-hybridized carbons (Fsp3) is 0.385. The van der Waals surface area contributed by atoms with E-state index >= 15 is 4.39 Å². The average Bonchev–Trinajstić information content (AvgIpc) is 3.32. The summed E-state index contributed by atoms with van der Waals surface area (Å²) >= 11 is 0. The molecule has 2 bridgehead atoms. The zero-order chi connectivity index (χ0) is 25.7. The Kier molecular flexibility index (Phi) is 6.11. The van der Waals surface area contributed by atoms with E-state index in [1.54, 1.807) is 17.6 Å². The summed E-state index contributed by atoms with van der Waals surface area (Å²) < 4.78 is 42.8. The predicted octanol–water partition coefficient (Wildman–Crippen LogP) is 4.11. The van der Waals surface area contributed by atoms with Gasteiger partial charge in [0.05, 0.1) is 25.5 Å². The Bertz CT molecular complexity index is 1470. The number of rotatable bonds is 6. The molecule has 192 valence electrons. The van der Waals surface area contributed by atoms with Crippen LogP contribution < -0.4 is 9.16 Å². The van der Waals surface area contributed by atoms with Crippen LogP contribution in [0.25, 0.3) is 22.6 Å². The van der Waals surface area contributed by atoms with Gasteiger partial charge < -0.3 is 18.6 Å². The maximum absolute atomic E-state index is 15.4. The third-order valence-electron chi connectivity index (χ3n) is 7.60. The smallest absolute Gasteiger partial charge is 0.318 e. The first-order valence-electron chi connectivity index (χ1n) is 12.5. The highest BCUT2D eigenvalue weighted by atomic mass is 28.3. The molecule has 1 aromatic carbocycles. The fourth-order valence-electron chi connectivity index (χ4n) is 5.66. The van der Waals surface area contributed by atoms with Gasteiger partial charge in [0.15, 0.2) is 5.65 Å². The SMILES string of the molecule is COc1nc(C)c2nc(-c3cncc(F)c3)n(Cc3ccc(O[Si@@H]4C[C@H]5CC[C@@H](C4)N5C)cc3F)c2n1. The Morgan fingerprint density at radius 3 is 2.54 bits per heavy atom. The van der Waals surface area contributed by atoms with Gasteiger partial charge in [-0.15, -0.1) is 0 Å². The van der Waals surface area contributed by atoms with E-state index in [0.717, 1.165) is 18.3 Å². The minimum absolute atomic E-state index is 0.129. The molecule has 3 aromatic heterocycles. The van der Waals surface area contributed by atoms with Crippen LogP contribution in [0.1, 0.15) is 24.1 Å². The lowest BCUT2D eigenvalue weighted by atomic mass is 10.2. The van der Waals surface area contributed by atoms with Gasteiger partial charge in [-0.1, -0.05) is 6.07 Å². The van der Waals surface area contributed by atoms with E-state index in [0.29, 0.717) is 51.6 Å². The summed E-state index contributed by atoms with van der Waals surface area (Å²) in [5.41, 5.74) is 2.51. The molecule has 2 saturated heterocycles. The molecular formula is C26H28F2N6O2Si. The van der Waals surface area contributed by atoms with Crippen molar-refractivity contribution in [3.05, 3.63) is 59.6 Å². The van der Waals surface area contributed by atoms with Crippen molar-refractivity contribution in [1.82, 2.24) is 29.4 Å². The second kappa shape index (κ2) is 9.46. The highest BCUT2D eigenvalue weighted by Gasteiger charge is 2.40. The van der Waals surface area contributed by atoms with Crippen molar-refractivity contribution >= 4 is 20.2 Å². The van der Waals surface area contributed by atoms with E-state index in [9.17, 15) is 4.39 Å². The summed E-state index contributed by atoms with van der Waals surface area (Å²) in [6, 6.07) is 9.99. The quantitative estimate of drug-likeness (QED) is 0.353. The molecule has 2 aliphatic heterocycles. The molecule has 0 aliphatic carbocycles. The Balaban J connectivity index is 1.33. The number of aromatic nitrogens is 5. The standard InChI is InChI=1S/C26H28F2N6O2Si/c1-15-23-25(32-26(30-15)35-3)34(24(31-23)17-8-18(27)11-29-10-17)12-16-4-7-21(9-22(16)28)36-37-13-19-5-6-20(14-37)33(19)2/h4,7-11,19-20,37H,5-6,12-14H2,1-3H3/t19-,20+,37-. The van der Waals surface area contributed by atoms with Crippen LogP contribution >= 0.6 is 0 Å². The van der Waals surface area contributed by atoms with Crippen LogP contribution in [0.5, 0.6) is 11.8 Å². The number of fused-ring (bicyclic) bond motifs is 3. The second-order valence-corrected chi connectivity index (χ2v) is 12.3. The molecule has 4 aromatic rings. The zero-order valence-electron chi connectivity index (χ0n) is 21.0. The molecule has 0 spiro atoms. The van der Waals surface area contributed by atoms with Crippen molar-refractivity contribution in [2.75, 3.05) is 14.2 Å². The molecule has 0 amide bonds. The summed E-state index contributed by atoms with van der Waals surface area (Å²) in [7, 11) is 2.25. The van der Waals surface area contributed by atoms with Gasteiger partial charge in [0.25, 0.3) is 0 Å². The minimum atomic E-state index is -1.44. The van der Waals surface area contributed by atoms with E-state index in [2.05, 4.69) is 31.9 Å². The third kappa shape index (κ3) is 4.46. The number of methoxy groups -OCH3 is 1. The van der Waals surface area contributed by atoms with Gasteiger partial charge in [-0.05, 0) is 51.0 Å². The van der Waals surface area contributed by atoms with Gasteiger partial charge in [0, 0.05) is 35.5 Å². The summed E-state index contributed by atoms with van der Waals surface area (Å²) in [4.78, 5) is 19.9. The second-order valence-electron chi connectivity index (χ2n) is 9.90. The van der Waals surface area contributed by atoms with Gasteiger partial charge in [-0.2, -0.15) is 9.97 Å². The molecule has 0 unspecified atom stereocenters. The molecule has 37 heavy (non-hydrogen) atoms. The van der Waals surface area contributed by atoms with E-state index in [-0.39, 0.29) is 18.4 Å². The van der Waals surface area contributed by atoms with Crippen LogP contribution in [0.15, 0.2) is 36.7 Å². The molecule has 11 heteroatoms. The van der Waals surface area contributed by atoms with Crippen molar-refractivity contribution in [2.24, 2.45) is 0 Å². The predicted molar refractivity (Wildman–Crippen MR) is 137 cm³/mol. The number of hydrogen-bond acceptors (Lipinski definition) is 7. The van der Waals surface area contributed by atoms with Gasteiger partial charge in [-0.25, -0.2) is 13.8 Å². The minimum Gasteiger partial charge on any atom is -0.546 e. The Morgan fingerprint density at radius 2 is 1.84 bits per heavy atom. The number of benzene rings is 1. The van der Waals surface area contributed by atoms with Crippen LogP contribution in [0.2, 0.25) is 12.1 Å². The van der Waals surface area contributed by atoms with Crippen molar-refractivity contribution in [3.63, 3.8) is 0 Å². The zero-order valence-corrected chi connectivity index (χ0v) is 22.1. The Hall–Kier alpha value is -3.44. The Morgan fingerprint density at radius 1 is 1.05 bits per heavy atom. The summed E-state index contributed by atoms with van der Waals surface area (Å²) in [6.07, 6.45) is 5.11. The number of hydrogen-bond donors (Lipinski definition) is 0. The lowest BCUT2D eigenvalue weighted by Gasteiger charge is -2.35. The molecule has 8 nitrogen and oxygen atoms in total. The molecule has 0 N–H and O–H groups in total. The largest absolute Gasteiger partial charge is 0.546 e. The molecule has 0 saturated carbocycles. The van der Waals surface area contributed by atoms with Crippen molar-refractivity contribution < 1.29 is 17.9 Å². The van der Waals surface area contributed by atoms with Gasteiger partial charge >= 0.3 is 6.01 Å². The highest BCUT2D eigenvalue weighted by molar-refractivity contribution is 6.53. The first-order chi connectivity index (χ1) is 17.9. The topological polar surface area (TPSA) is 78.2 Å². The first-order valence-corrected chi connectivity index (χ1v) is 14.6. The van der Waals surface area contributed by atoms with Gasteiger partial charge in [-0.3, -0.25) is 4.98 Å². The lowest BCUT2D eigenvalue weighted by molar-refractivity contribution is 0.243. The number of pyridine rings is 1. The molecule has 2 fully saturated rings. The van der Waals surface area contributed by atoms with Crippen LogP contribution in [0.3, 0.4) is 0 Å². The molecular weight excluding hydrogens is 494 g/mol. The molecule has 3 atom stereocenters. The maximum Gasteiger partial charge on any atom is 0.318 e. The van der Waals surface area contributed by atoms with Crippen molar-refractivity contribution in [1.29, 1.82) is 0 Å². The maximum atomic E-state index is 15.4. The van der Waals surface area contributed by atoms with E-state index in [1.165, 1.54) is 38.3 Å². The van der Waals surface area contributed by atoms with E-state index < -0.39 is 14.9 Å². The van der Waals surface area contributed by atoms with Crippen LogP contribution in [-0.2, 0) is 6.54 Å². The summed E-state index contributed by atoms with van der Waals surface area (Å²) in [5, 5.41) is 0. The van der Waals surface area contributed by atoms with Gasteiger partial charge in [0.2, 0.25) is 9.04 Å². The number of aryl methyl sites for hydroxylation is 1. The molecule has 6 rings (SSSR count). The number of ether oxygens (including phenoxy) is 1. The number of imidazole rings is 1. The third-order valence-corrected chi connectivity index (χ3v) is 10.4. The van der Waals surface area contributed by atoms with Crippen LogP contribution in [0, 0.1) is 18.6 Å². The van der Waals surface area contributed by atoms with E-state index in [1.807, 2.05) is 6.07 Å². The average molecular weight is 523 g/mol. The van der Waals surface area contributed by atoms with Crippen LogP contribution in [-0.4, -0.2) is 64.7 Å². The van der Waals surface area contributed by atoms with E-state index in [4.69, 9.17) is 9.16 Å². The highest BCUT2D eigenvalue weighted by Crippen LogP contribution is 2.36. The monoisotopic (exact) mass is 522 g/mol. The fourth-order valence-corrected chi connectivity index (χ4v) is 8.92. The van der Waals surface area contributed by atoms with Gasteiger partial charge in [0.1, 0.15) is 28.7 Å². The lowest BCUT2D eigenvalue weighted by Crippen LogP contribution is -2.45. The summed E-state index contributed by atoms with van der Waals surface area (Å²) in [5.74, 6) is 0.148. The molecule has 2 aliphatic rings. The Labute approximate surface area is 215 Å². The normalized spacial score (nSPS) is 21.5. The number of halogens is 2.